The normalized spacial score (nSPS) is 15.1. The molecular weight excluding hydrogens is 521 g/mol. The summed E-state index contributed by atoms with van der Waals surface area (Å²) in [6.07, 6.45) is 1.75. The number of ether oxygens (including phenoxy) is 1. The van der Waals surface area contributed by atoms with Gasteiger partial charge in [-0.15, -0.1) is 0 Å². The molecule has 0 aromatic heterocycles. The number of nitrogens with zero attached hydrogens (tertiary/aromatic N) is 1. The quantitative estimate of drug-likeness (QED) is 0.255. The Balaban J connectivity index is 1.54. The van der Waals surface area contributed by atoms with Crippen molar-refractivity contribution in [1.82, 2.24) is 0 Å². The number of hydrogen-bond donors (Lipinski definition) is 0. The summed E-state index contributed by atoms with van der Waals surface area (Å²) in [5.41, 5.74) is 2.29. The van der Waals surface area contributed by atoms with Crippen LogP contribution >= 0.6 is 51.5 Å². The molecule has 0 radical (unpaired) electrons. The largest absolute Gasteiger partial charge is 0.486 e. The number of amides is 1. The van der Waals surface area contributed by atoms with Crippen molar-refractivity contribution in [2.75, 3.05) is 4.90 Å². The van der Waals surface area contributed by atoms with E-state index in [1.54, 1.807) is 24.3 Å². The first-order chi connectivity index (χ1) is 14.9. The summed E-state index contributed by atoms with van der Waals surface area (Å²) in [7, 11) is 0. The van der Waals surface area contributed by atoms with E-state index in [4.69, 9.17) is 28.6 Å². The van der Waals surface area contributed by atoms with Gasteiger partial charge in [-0.05, 0) is 69.5 Å². The van der Waals surface area contributed by atoms with Gasteiger partial charge in [-0.1, -0.05) is 65.9 Å². The smallest absolute Gasteiger partial charge is 0.270 e. The monoisotopic (exact) mass is 533 g/mol. The van der Waals surface area contributed by atoms with Crippen molar-refractivity contribution in [2.24, 2.45) is 0 Å². The second kappa shape index (κ2) is 9.53. The first-order valence-corrected chi connectivity index (χ1v) is 11.5. The molecule has 0 saturated carbocycles. The number of halogens is 3. The highest BCUT2D eigenvalue weighted by Crippen LogP contribution is 2.39. The van der Waals surface area contributed by atoms with Crippen LogP contribution in [0.3, 0.4) is 0 Å². The molecule has 4 rings (SSSR count). The third-order valence-electron chi connectivity index (χ3n) is 4.42. The van der Waals surface area contributed by atoms with Crippen molar-refractivity contribution in [2.45, 2.75) is 6.61 Å². The zero-order valence-corrected chi connectivity index (χ0v) is 19.8. The number of rotatable bonds is 5. The Hall–Kier alpha value is -2.19. The Morgan fingerprint density at radius 2 is 1.84 bits per heavy atom. The predicted octanol–water partition coefficient (Wildman–Crippen LogP) is 7.23. The van der Waals surface area contributed by atoms with Gasteiger partial charge in [0.1, 0.15) is 12.4 Å². The highest BCUT2D eigenvalue weighted by atomic mass is 79.9. The van der Waals surface area contributed by atoms with Gasteiger partial charge in [0.15, 0.2) is 10.1 Å². The number of carbonyl (C=O) groups excluding carboxylic acids is 1. The fourth-order valence-corrected chi connectivity index (χ4v) is 5.24. The maximum atomic E-state index is 13.1. The Bertz CT molecular complexity index is 1160. The van der Waals surface area contributed by atoms with E-state index >= 15 is 0 Å². The van der Waals surface area contributed by atoms with Gasteiger partial charge in [-0.2, -0.15) is 0 Å². The van der Waals surface area contributed by atoms with Gasteiger partial charge in [0, 0.05) is 0 Å². The molecular formula is C23H14BrClFNO2S2. The Kier molecular flexibility index (Phi) is 6.77. The lowest BCUT2D eigenvalue weighted by atomic mass is 10.2. The molecule has 31 heavy (non-hydrogen) atoms. The lowest BCUT2D eigenvalue weighted by Gasteiger charge is -2.14. The Morgan fingerprint density at radius 1 is 1.13 bits per heavy atom. The van der Waals surface area contributed by atoms with Crippen molar-refractivity contribution in [1.29, 1.82) is 0 Å². The molecule has 8 heteroatoms. The third-order valence-corrected chi connectivity index (χ3v) is 6.59. The molecule has 1 fully saturated rings. The van der Waals surface area contributed by atoms with E-state index in [2.05, 4.69) is 15.9 Å². The van der Waals surface area contributed by atoms with Crippen LogP contribution in [-0.2, 0) is 11.4 Å². The molecule has 3 aromatic carbocycles. The van der Waals surface area contributed by atoms with Crippen molar-refractivity contribution in [3.05, 3.63) is 98.1 Å². The average Bonchev–Trinajstić information content (AvgIpc) is 3.02. The molecule has 0 bridgehead atoms. The second-order valence-electron chi connectivity index (χ2n) is 6.58. The number of para-hydroxylation sites is 1. The van der Waals surface area contributed by atoms with E-state index < -0.39 is 0 Å². The minimum Gasteiger partial charge on any atom is -0.486 e. The average molecular weight is 535 g/mol. The molecule has 0 spiro atoms. The lowest BCUT2D eigenvalue weighted by Crippen LogP contribution is -2.27. The summed E-state index contributed by atoms with van der Waals surface area (Å²) >= 11 is 16.6. The number of carbonyl (C=O) groups is 1. The van der Waals surface area contributed by atoms with Crippen molar-refractivity contribution in [3.8, 4) is 5.75 Å². The fraction of sp³-hybridized carbons (Fsp3) is 0.0435. The van der Waals surface area contributed by atoms with Gasteiger partial charge >= 0.3 is 0 Å². The molecule has 1 aliphatic heterocycles. The van der Waals surface area contributed by atoms with Crippen LogP contribution in [-0.4, -0.2) is 10.2 Å². The van der Waals surface area contributed by atoms with Crippen LogP contribution in [0, 0.1) is 5.82 Å². The van der Waals surface area contributed by atoms with Gasteiger partial charge in [0.05, 0.1) is 20.1 Å². The molecule has 0 unspecified atom stereocenters. The maximum absolute atomic E-state index is 13.1. The molecule has 1 saturated heterocycles. The van der Waals surface area contributed by atoms with Crippen LogP contribution in [0.25, 0.3) is 6.08 Å². The summed E-state index contributed by atoms with van der Waals surface area (Å²) in [6, 6.07) is 18.9. The summed E-state index contributed by atoms with van der Waals surface area (Å²) in [5, 5.41) is 0.390. The molecule has 3 nitrogen and oxygen atoms in total. The molecule has 1 amide bonds. The highest BCUT2D eigenvalue weighted by molar-refractivity contribution is 9.10. The van der Waals surface area contributed by atoms with Gasteiger partial charge in [0.2, 0.25) is 0 Å². The van der Waals surface area contributed by atoms with Crippen LogP contribution in [0.1, 0.15) is 11.1 Å². The minimum absolute atomic E-state index is 0.176. The molecule has 0 aliphatic carbocycles. The van der Waals surface area contributed by atoms with E-state index in [9.17, 15) is 9.18 Å². The Labute approximate surface area is 202 Å². The van der Waals surface area contributed by atoms with Crippen LogP contribution in [0.2, 0.25) is 5.02 Å². The van der Waals surface area contributed by atoms with E-state index in [0.717, 1.165) is 16.8 Å². The lowest BCUT2D eigenvalue weighted by molar-refractivity contribution is -0.113. The predicted molar refractivity (Wildman–Crippen MR) is 132 cm³/mol. The first kappa shape index (κ1) is 22.0. The molecule has 1 aliphatic rings. The SMILES string of the molecule is O=C1/C(=C\c2cc(Cl)c(OCc3ccc(F)cc3)c(Br)c2)SC(=S)N1c1ccccc1. The Morgan fingerprint density at radius 3 is 2.52 bits per heavy atom. The molecule has 0 atom stereocenters. The number of thioether (sulfide) groups is 1. The zero-order chi connectivity index (χ0) is 22.0. The summed E-state index contributed by atoms with van der Waals surface area (Å²) in [6.45, 7) is 0.244. The van der Waals surface area contributed by atoms with Gasteiger partial charge in [-0.25, -0.2) is 4.39 Å². The zero-order valence-electron chi connectivity index (χ0n) is 15.8. The number of thiocarbonyl (C=S) groups is 1. The standard InChI is InChI=1S/C23H14BrClFNO2S2/c24-18-10-15(11-19(25)21(18)29-13-14-6-8-16(26)9-7-14)12-20-22(28)27(23(30)31-20)17-4-2-1-3-5-17/h1-12H,13H2/b20-12+. The van der Waals surface area contributed by atoms with Crippen molar-refractivity contribution in [3.63, 3.8) is 0 Å². The highest BCUT2D eigenvalue weighted by Gasteiger charge is 2.33. The summed E-state index contributed by atoms with van der Waals surface area (Å²) in [5.74, 6) is -0.00458. The van der Waals surface area contributed by atoms with Crippen LogP contribution < -0.4 is 9.64 Å². The van der Waals surface area contributed by atoms with Crippen molar-refractivity contribution < 1.29 is 13.9 Å². The fourth-order valence-electron chi connectivity index (χ4n) is 2.96. The number of hydrogen-bond acceptors (Lipinski definition) is 4. The second-order valence-corrected chi connectivity index (χ2v) is 9.52. The van der Waals surface area contributed by atoms with Gasteiger partial charge in [-0.3, -0.25) is 9.69 Å². The van der Waals surface area contributed by atoms with Crippen LogP contribution in [0.5, 0.6) is 5.75 Å². The molecule has 0 N–H and O–H groups in total. The van der Waals surface area contributed by atoms with E-state index in [1.807, 2.05) is 36.4 Å². The van der Waals surface area contributed by atoms with Crippen molar-refractivity contribution >= 4 is 73.5 Å². The van der Waals surface area contributed by atoms with Crippen LogP contribution in [0.4, 0.5) is 10.1 Å². The number of benzene rings is 3. The topological polar surface area (TPSA) is 29.5 Å². The van der Waals surface area contributed by atoms with Gasteiger partial charge < -0.3 is 4.74 Å². The summed E-state index contributed by atoms with van der Waals surface area (Å²) in [4.78, 5) is 14.9. The third kappa shape index (κ3) is 5.01. The van der Waals surface area contributed by atoms with Crippen LogP contribution in [0.15, 0.2) is 76.1 Å². The first-order valence-electron chi connectivity index (χ1n) is 9.11. The maximum Gasteiger partial charge on any atom is 0.270 e. The minimum atomic E-state index is -0.301. The van der Waals surface area contributed by atoms with E-state index in [0.29, 0.717) is 24.5 Å². The molecule has 156 valence electrons. The molecule has 3 aromatic rings. The molecule has 1 heterocycles. The summed E-state index contributed by atoms with van der Waals surface area (Å²) < 4.78 is 20.0. The van der Waals surface area contributed by atoms with Gasteiger partial charge in [0.25, 0.3) is 5.91 Å². The van der Waals surface area contributed by atoms with E-state index in [1.165, 1.54) is 28.8 Å². The van der Waals surface area contributed by atoms with E-state index in [-0.39, 0.29) is 18.3 Å². The number of anilines is 1.